The lowest BCUT2D eigenvalue weighted by Crippen LogP contribution is -2.05. The largest absolute Gasteiger partial charge is 0.440 e. The fraction of sp³-hybridized carbons (Fsp3) is 0.286. The van der Waals surface area contributed by atoms with Gasteiger partial charge in [-0.25, -0.2) is 4.98 Å². The molecule has 0 bridgehead atoms. The molecule has 1 aromatic carbocycles. The van der Waals surface area contributed by atoms with Crippen LogP contribution in [0.2, 0.25) is 0 Å². The third kappa shape index (κ3) is 5.30. The van der Waals surface area contributed by atoms with Gasteiger partial charge < -0.3 is 10.2 Å². The Kier molecular flexibility index (Phi) is 6.01. The van der Waals surface area contributed by atoms with E-state index in [-0.39, 0.29) is 5.17 Å². The third-order valence-electron chi connectivity index (χ3n) is 2.70. The van der Waals surface area contributed by atoms with Crippen molar-refractivity contribution in [2.24, 2.45) is 5.73 Å². The highest BCUT2D eigenvalue weighted by Crippen LogP contribution is 2.17. The Bertz CT molecular complexity index is 526. The number of hydrogen-bond donors (Lipinski definition) is 2. The molecule has 0 aliphatic rings. The van der Waals surface area contributed by atoms with E-state index in [4.69, 9.17) is 15.6 Å². The molecule has 0 fully saturated rings. The van der Waals surface area contributed by atoms with Gasteiger partial charge in [0, 0.05) is 11.5 Å². The van der Waals surface area contributed by atoms with E-state index >= 15 is 0 Å². The molecule has 0 saturated carbocycles. The zero-order valence-corrected chi connectivity index (χ0v) is 12.7. The molecule has 20 heavy (non-hydrogen) atoms. The first-order chi connectivity index (χ1) is 9.74. The number of hydrogen-bond acceptors (Lipinski definition) is 5. The second-order valence-corrected chi connectivity index (χ2v) is 6.36. The molecule has 0 unspecified atom stereocenters. The molecule has 0 amide bonds. The summed E-state index contributed by atoms with van der Waals surface area (Å²) in [7, 11) is 0. The SMILES string of the molecule is N=C(N)SCCc1ccc(CCSc2ncco2)cc1. The van der Waals surface area contributed by atoms with Crippen LogP contribution in [0.25, 0.3) is 0 Å². The lowest BCUT2D eigenvalue weighted by atomic mass is 10.1. The summed E-state index contributed by atoms with van der Waals surface area (Å²) in [6.45, 7) is 0. The average molecular weight is 307 g/mol. The molecule has 6 heteroatoms. The maximum absolute atomic E-state index is 7.16. The molecule has 1 aromatic heterocycles. The van der Waals surface area contributed by atoms with Crippen molar-refractivity contribution in [1.82, 2.24) is 4.98 Å². The normalized spacial score (nSPS) is 10.6. The molecule has 0 saturated heterocycles. The predicted octanol–water partition coefficient (Wildman–Crippen LogP) is 3.18. The molecule has 106 valence electrons. The lowest BCUT2D eigenvalue weighted by Gasteiger charge is -2.03. The number of nitrogens with zero attached hydrogens (tertiary/aromatic N) is 1. The van der Waals surface area contributed by atoms with Crippen molar-refractivity contribution >= 4 is 28.7 Å². The van der Waals surface area contributed by atoms with Crippen LogP contribution >= 0.6 is 23.5 Å². The van der Waals surface area contributed by atoms with Crippen molar-refractivity contribution in [3.05, 3.63) is 47.9 Å². The summed E-state index contributed by atoms with van der Waals surface area (Å²) in [4.78, 5) is 4.08. The summed E-state index contributed by atoms with van der Waals surface area (Å²) >= 11 is 3.01. The smallest absolute Gasteiger partial charge is 0.255 e. The molecular formula is C14H17N3OS2. The van der Waals surface area contributed by atoms with Crippen LogP contribution in [0.1, 0.15) is 11.1 Å². The van der Waals surface area contributed by atoms with E-state index in [1.165, 1.54) is 22.9 Å². The zero-order chi connectivity index (χ0) is 14.2. The van der Waals surface area contributed by atoms with Crippen molar-refractivity contribution in [2.45, 2.75) is 18.1 Å². The van der Waals surface area contributed by atoms with Gasteiger partial charge in [-0.3, -0.25) is 5.41 Å². The van der Waals surface area contributed by atoms with E-state index in [2.05, 4.69) is 29.2 Å². The minimum atomic E-state index is 0.185. The Morgan fingerprint density at radius 1 is 1.15 bits per heavy atom. The second-order valence-electron chi connectivity index (χ2n) is 4.18. The molecule has 4 nitrogen and oxygen atoms in total. The number of aryl methyl sites for hydroxylation is 2. The molecule has 0 atom stereocenters. The number of amidine groups is 1. The van der Waals surface area contributed by atoms with Crippen LogP contribution < -0.4 is 5.73 Å². The number of aromatic nitrogens is 1. The molecular weight excluding hydrogens is 290 g/mol. The molecule has 1 heterocycles. The molecule has 0 aliphatic heterocycles. The summed E-state index contributed by atoms with van der Waals surface area (Å²) in [5, 5.41) is 8.07. The minimum absolute atomic E-state index is 0.185. The standard InChI is InChI=1S/C14H17N3OS2/c15-13(16)19-9-5-11-1-3-12(4-2-11)6-10-20-14-17-7-8-18-14/h1-4,7-8H,5-6,9-10H2,(H3,15,16). The van der Waals surface area contributed by atoms with Crippen LogP contribution in [-0.4, -0.2) is 21.7 Å². The highest BCUT2D eigenvalue weighted by Gasteiger charge is 2.00. The summed E-state index contributed by atoms with van der Waals surface area (Å²) in [5.41, 5.74) is 7.90. The summed E-state index contributed by atoms with van der Waals surface area (Å²) in [5.74, 6) is 1.81. The number of nitrogens with two attached hydrogens (primary N) is 1. The van der Waals surface area contributed by atoms with E-state index < -0.39 is 0 Å². The topological polar surface area (TPSA) is 75.9 Å². The van der Waals surface area contributed by atoms with Crippen LogP contribution in [0.3, 0.4) is 0 Å². The Labute approximate surface area is 127 Å². The number of nitrogens with one attached hydrogen (secondary N) is 1. The average Bonchev–Trinajstić information content (AvgIpc) is 2.93. The Balaban J connectivity index is 1.72. The monoisotopic (exact) mass is 307 g/mol. The number of benzene rings is 1. The summed E-state index contributed by atoms with van der Waals surface area (Å²) in [6.07, 6.45) is 5.19. The van der Waals surface area contributed by atoms with Gasteiger partial charge in [0.25, 0.3) is 5.22 Å². The first kappa shape index (κ1) is 15.0. The molecule has 2 aromatic rings. The highest BCUT2D eigenvalue weighted by molar-refractivity contribution is 8.13. The Hall–Kier alpha value is -1.40. The van der Waals surface area contributed by atoms with Gasteiger partial charge in [-0.2, -0.15) is 0 Å². The Morgan fingerprint density at radius 2 is 1.80 bits per heavy atom. The van der Waals surface area contributed by atoms with Gasteiger partial charge in [0.05, 0.1) is 6.20 Å². The first-order valence-electron chi connectivity index (χ1n) is 6.31. The molecule has 3 N–H and O–H groups in total. The van der Waals surface area contributed by atoms with E-state index in [1.807, 2.05) is 0 Å². The van der Waals surface area contributed by atoms with Gasteiger partial charge in [0.1, 0.15) is 6.26 Å². The van der Waals surface area contributed by atoms with Gasteiger partial charge in [0.15, 0.2) is 5.17 Å². The van der Waals surface area contributed by atoms with E-state index in [9.17, 15) is 0 Å². The lowest BCUT2D eigenvalue weighted by molar-refractivity contribution is 0.454. The molecule has 0 radical (unpaired) electrons. The second kappa shape index (κ2) is 8.01. The summed E-state index contributed by atoms with van der Waals surface area (Å²) < 4.78 is 5.18. The maximum Gasteiger partial charge on any atom is 0.255 e. The summed E-state index contributed by atoms with van der Waals surface area (Å²) in [6, 6.07) is 8.60. The minimum Gasteiger partial charge on any atom is -0.440 e. The van der Waals surface area contributed by atoms with Crippen LogP contribution in [0, 0.1) is 5.41 Å². The number of rotatable bonds is 7. The van der Waals surface area contributed by atoms with Gasteiger partial charge >= 0.3 is 0 Å². The van der Waals surface area contributed by atoms with E-state index in [0.29, 0.717) is 0 Å². The fourth-order valence-corrected chi connectivity index (χ4v) is 3.02. The van der Waals surface area contributed by atoms with Crippen LogP contribution in [-0.2, 0) is 12.8 Å². The predicted molar refractivity (Wildman–Crippen MR) is 85.4 cm³/mol. The van der Waals surface area contributed by atoms with E-state index in [1.54, 1.807) is 24.2 Å². The quantitative estimate of drug-likeness (QED) is 0.467. The van der Waals surface area contributed by atoms with E-state index in [0.717, 1.165) is 29.6 Å². The van der Waals surface area contributed by atoms with Gasteiger partial charge in [0.2, 0.25) is 0 Å². The van der Waals surface area contributed by atoms with Crippen LogP contribution in [0.5, 0.6) is 0 Å². The highest BCUT2D eigenvalue weighted by atomic mass is 32.2. The number of oxazole rings is 1. The number of thioether (sulfide) groups is 2. The van der Waals surface area contributed by atoms with Crippen molar-refractivity contribution in [1.29, 1.82) is 5.41 Å². The third-order valence-corrected chi connectivity index (χ3v) is 4.27. The zero-order valence-electron chi connectivity index (χ0n) is 11.0. The fourth-order valence-electron chi connectivity index (χ4n) is 1.69. The Morgan fingerprint density at radius 3 is 2.35 bits per heavy atom. The molecule has 0 spiro atoms. The maximum atomic E-state index is 7.16. The van der Waals surface area contributed by atoms with Crippen molar-refractivity contribution in [3.63, 3.8) is 0 Å². The first-order valence-corrected chi connectivity index (χ1v) is 8.28. The van der Waals surface area contributed by atoms with Crippen molar-refractivity contribution in [2.75, 3.05) is 11.5 Å². The van der Waals surface area contributed by atoms with Crippen molar-refractivity contribution in [3.8, 4) is 0 Å². The van der Waals surface area contributed by atoms with Gasteiger partial charge in [-0.1, -0.05) is 47.8 Å². The molecule has 0 aliphatic carbocycles. The van der Waals surface area contributed by atoms with Crippen molar-refractivity contribution < 1.29 is 4.42 Å². The van der Waals surface area contributed by atoms with Crippen LogP contribution in [0.4, 0.5) is 0 Å². The van der Waals surface area contributed by atoms with Gasteiger partial charge in [-0.15, -0.1) is 0 Å². The molecule has 2 rings (SSSR count). The van der Waals surface area contributed by atoms with Gasteiger partial charge in [-0.05, 0) is 24.0 Å². The van der Waals surface area contributed by atoms with Crippen LogP contribution in [0.15, 0.2) is 46.4 Å².